The molecule has 1 saturated heterocycles. The zero-order chi connectivity index (χ0) is 70.2. The normalized spacial score (nSPS) is 16.4. The van der Waals surface area contributed by atoms with Gasteiger partial charge in [-0.15, -0.1) is 0 Å². The summed E-state index contributed by atoms with van der Waals surface area (Å²) in [7, 11) is 0. The van der Waals surface area contributed by atoms with E-state index >= 15 is 0 Å². The first kappa shape index (κ1) is 80.5. The molecule has 2 rings (SSSR count). The Morgan fingerprint density at radius 2 is 1.01 bits per heavy atom. The van der Waals surface area contributed by atoms with Crippen molar-refractivity contribution in [2.45, 2.75) is 211 Å². The van der Waals surface area contributed by atoms with Gasteiger partial charge in [-0.1, -0.05) is 60.1 Å². The number of unbranched alkanes of at least 4 members (excludes halogenated alkanes) is 2. The first-order valence-electron chi connectivity index (χ1n) is 31.3. The first-order valence-corrected chi connectivity index (χ1v) is 31.3. The number of nitrogens with one attached hydrogen (secondary N) is 9. The predicted molar refractivity (Wildman–Crippen MR) is 334 cm³/mol. The topological polar surface area (TPSA) is 556 Å². The molecule has 11 amide bonds. The van der Waals surface area contributed by atoms with E-state index in [-0.39, 0.29) is 82.7 Å². The van der Waals surface area contributed by atoms with E-state index in [2.05, 4.69) is 47.9 Å². The Hall–Kier alpha value is -8.56. The van der Waals surface area contributed by atoms with Crippen molar-refractivity contribution < 1.29 is 92.7 Å². The average Bonchev–Trinajstić information content (AvgIpc) is 1.81. The van der Waals surface area contributed by atoms with Crippen molar-refractivity contribution in [3.05, 3.63) is 29.8 Å². The number of carboxylic acid groups (broad SMARTS) is 3. The van der Waals surface area contributed by atoms with E-state index < -0.39 is 193 Å². The van der Waals surface area contributed by atoms with E-state index in [0.717, 1.165) is 4.90 Å². The number of aliphatic hydroxyl groups excluding tert-OH is 1. The van der Waals surface area contributed by atoms with Crippen molar-refractivity contribution in [2.24, 2.45) is 40.7 Å². The molecule has 0 radical (unpaired) electrons. The molecule has 33 heteroatoms. The van der Waals surface area contributed by atoms with Crippen LogP contribution in [-0.2, 0) is 73.5 Å². The summed E-state index contributed by atoms with van der Waals surface area (Å²) in [6.07, 6.45) is -1.11. The molecule has 1 aromatic carbocycles. The van der Waals surface area contributed by atoms with Gasteiger partial charge in [0.15, 0.2) is 0 Å². The molecular formula is C60H98N14O19. The molecule has 522 valence electrons. The molecule has 0 aliphatic carbocycles. The third-order valence-electron chi connectivity index (χ3n) is 15.3. The Labute approximate surface area is 539 Å². The van der Waals surface area contributed by atoms with Crippen LogP contribution in [-0.4, -0.2) is 206 Å². The van der Waals surface area contributed by atoms with Crippen LogP contribution in [0.5, 0.6) is 5.75 Å². The van der Waals surface area contributed by atoms with Gasteiger partial charge in [0.05, 0.1) is 25.5 Å². The number of carboxylic acids is 3. The molecule has 93 heavy (non-hydrogen) atoms. The molecule has 1 aromatic rings. The highest BCUT2D eigenvalue weighted by atomic mass is 16.4. The Kier molecular flexibility index (Phi) is 35.6. The van der Waals surface area contributed by atoms with Gasteiger partial charge in [-0.25, -0.2) is 4.79 Å². The van der Waals surface area contributed by atoms with Crippen LogP contribution in [0.2, 0.25) is 0 Å². The van der Waals surface area contributed by atoms with Gasteiger partial charge in [0.1, 0.15) is 66.2 Å². The number of primary amides is 1. The van der Waals surface area contributed by atoms with Crippen LogP contribution in [0.3, 0.4) is 0 Å². The molecule has 1 aliphatic rings. The second-order valence-electron chi connectivity index (χ2n) is 24.1. The number of hydrogen-bond donors (Lipinski definition) is 18. The molecule has 0 spiro atoms. The number of rotatable bonds is 44. The second kappa shape index (κ2) is 41.1. The molecule has 1 fully saturated rings. The van der Waals surface area contributed by atoms with Gasteiger partial charge >= 0.3 is 17.9 Å². The number of benzene rings is 1. The minimum absolute atomic E-state index is 0.0105. The Morgan fingerprint density at radius 3 is 1.52 bits per heavy atom. The lowest BCUT2D eigenvalue weighted by Crippen LogP contribution is -2.61. The standard InChI is InChI=1S/C60H98N14O19/c1-7-33(6)49(58(90)66-37(13-8-10-22-61)51(83)67-39(60(92)93)14-9-11-23-62)73-52(84)38(20-21-47(78)79)65-56(88)44(30-75)72-54(86)41(26-32(4)5)69-55(87)42(29-48(80)81)70-57(89)45-15-12-24-74(45)59(91)43(27-34-16-18-35(76)19-17-34)71-53(85)40(25-31(2)3)68-50(82)36(63)28-46(64)77/h16-19,31-33,36-45,49,75-76H,7-15,20-30,61-63H2,1-6H3,(H2,64,77)(H,65,88)(H,66,90)(H,67,83)(H,68,82)(H,69,87)(H,70,89)(H,71,85)(H,72,86)(H,73,84)(H,78,79)(H,80,81)(H,92,93)/t33-,36-,37-,38-,39-,40-,41-,42-,43-,44-,45-,49-/m0/s1. The first-order chi connectivity index (χ1) is 43.8. The lowest BCUT2D eigenvalue weighted by atomic mass is 9.96. The fraction of sp³-hybridized carbons (Fsp3) is 0.667. The Morgan fingerprint density at radius 1 is 0.548 bits per heavy atom. The van der Waals surface area contributed by atoms with E-state index in [0.29, 0.717) is 31.2 Å². The van der Waals surface area contributed by atoms with Crippen molar-refractivity contribution in [3.8, 4) is 5.75 Å². The zero-order valence-electron chi connectivity index (χ0n) is 53.7. The molecule has 0 aromatic heterocycles. The van der Waals surface area contributed by atoms with Crippen LogP contribution in [0.4, 0.5) is 0 Å². The van der Waals surface area contributed by atoms with Crippen LogP contribution in [0.15, 0.2) is 24.3 Å². The quantitative estimate of drug-likeness (QED) is 0.0280. The molecule has 33 nitrogen and oxygen atoms in total. The maximum Gasteiger partial charge on any atom is 0.326 e. The highest BCUT2D eigenvalue weighted by Gasteiger charge is 2.42. The number of amides is 11. The van der Waals surface area contributed by atoms with E-state index in [1.807, 2.05) is 0 Å². The second-order valence-corrected chi connectivity index (χ2v) is 24.1. The number of nitrogens with two attached hydrogens (primary N) is 4. The number of nitrogens with zero attached hydrogens (tertiary/aromatic N) is 1. The summed E-state index contributed by atoms with van der Waals surface area (Å²) in [6, 6.07) is -11.1. The summed E-state index contributed by atoms with van der Waals surface area (Å²) >= 11 is 0. The van der Waals surface area contributed by atoms with Crippen LogP contribution in [0.1, 0.15) is 143 Å². The predicted octanol–water partition coefficient (Wildman–Crippen LogP) is -3.70. The van der Waals surface area contributed by atoms with Gasteiger partial charge in [-0.3, -0.25) is 62.3 Å². The number of aromatic hydroxyl groups is 1. The van der Waals surface area contributed by atoms with Crippen LogP contribution in [0, 0.1) is 17.8 Å². The molecule has 1 aliphatic heterocycles. The van der Waals surface area contributed by atoms with Crippen molar-refractivity contribution in [2.75, 3.05) is 26.2 Å². The van der Waals surface area contributed by atoms with Gasteiger partial charge < -0.3 is 101 Å². The fourth-order valence-corrected chi connectivity index (χ4v) is 10.0. The van der Waals surface area contributed by atoms with Crippen molar-refractivity contribution >= 4 is 82.9 Å². The van der Waals surface area contributed by atoms with Gasteiger partial charge in [-0.2, -0.15) is 0 Å². The molecule has 0 bridgehead atoms. The number of carbonyl (C=O) groups excluding carboxylic acids is 11. The summed E-state index contributed by atoms with van der Waals surface area (Å²) in [5.74, 6) is -16.5. The minimum Gasteiger partial charge on any atom is -0.508 e. The average molecular weight is 1320 g/mol. The summed E-state index contributed by atoms with van der Waals surface area (Å²) in [5.41, 5.74) is 22.7. The summed E-state index contributed by atoms with van der Waals surface area (Å²) in [4.78, 5) is 189. The molecule has 12 atom stereocenters. The highest BCUT2D eigenvalue weighted by molar-refractivity contribution is 6.00. The van der Waals surface area contributed by atoms with Crippen molar-refractivity contribution in [1.29, 1.82) is 0 Å². The van der Waals surface area contributed by atoms with Gasteiger partial charge in [-0.05, 0) is 119 Å². The lowest BCUT2D eigenvalue weighted by Gasteiger charge is -2.31. The van der Waals surface area contributed by atoms with Crippen LogP contribution < -0.4 is 70.8 Å². The fourth-order valence-electron chi connectivity index (χ4n) is 10.0. The van der Waals surface area contributed by atoms with Gasteiger partial charge in [0, 0.05) is 19.4 Å². The Balaban J connectivity index is 2.43. The zero-order valence-corrected chi connectivity index (χ0v) is 53.7. The number of hydrogen-bond acceptors (Lipinski definition) is 19. The monoisotopic (exact) mass is 1320 g/mol. The molecule has 22 N–H and O–H groups in total. The van der Waals surface area contributed by atoms with Gasteiger partial charge in [0.2, 0.25) is 65.0 Å². The number of phenols is 1. The van der Waals surface area contributed by atoms with Crippen molar-refractivity contribution in [1.82, 2.24) is 52.8 Å². The van der Waals surface area contributed by atoms with E-state index in [1.165, 1.54) is 24.3 Å². The number of carbonyl (C=O) groups is 14. The number of phenolic OH excluding ortho intramolecular Hbond substituents is 1. The van der Waals surface area contributed by atoms with Crippen LogP contribution >= 0.6 is 0 Å². The maximum absolute atomic E-state index is 14.6. The van der Waals surface area contributed by atoms with Crippen molar-refractivity contribution in [3.63, 3.8) is 0 Å². The number of likely N-dealkylation sites (tertiary alicyclic amines) is 1. The number of aliphatic carboxylic acids is 3. The highest BCUT2D eigenvalue weighted by Crippen LogP contribution is 2.22. The molecular weight excluding hydrogens is 1220 g/mol. The third-order valence-corrected chi connectivity index (χ3v) is 15.3. The minimum atomic E-state index is -1.92. The van der Waals surface area contributed by atoms with Gasteiger partial charge in [0.25, 0.3) is 0 Å². The van der Waals surface area contributed by atoms with E-state index in [1.54, 1.807) is 41.5 Å². The maximum atomic E-state index is 14.6. The molecule has 0 saturated carbocycles. The summed E-state index contributed by atoms with van der Waals surface area (Å²) in [6.45, 7) is 9.38. The third kappa shape index (κ3) is 28.9. The lowest BCUT2D eigenvalue weighted by molar-refractivity contribution is -0.144. The SMILES string of the molecule is CC[C@H](C)[C@H](NC(=O)[C@H](CCC(=O)O)NC(=O)[C@H](CO)NC(=O)[C@H](CC(C)C)NC(=O)[C@H](CC(=O)O)NC(=O)[C@@H]1CCCN1C(=O)[C@H](Cc1ccc(O)cc1)NC(=O)[C@H](CC(C)C)NC(=O)[C@@H](N)CC(N)=O)C(=O)N[C@@H](CCCCN)C(=O)N[C@@H](CCCCN)C(=O)O. The molecule has 1 heterocycles. The van der Waals surface area contributed by atoms with E-state index in [9.17, 15) is 92.7 Å². The Bertz CT molecular complexity index is 2720. The smallest absolute Gasteiger partial charge is 0.326 e. The van der Waals surface area contributed by atoms with E-state index in [4.69, 9.17) is 22.9 Å². The van der Waals surface area contributed by atoms with Crippen LogP contribution in [0.25, 0.3) is 0 Å². The number of aliphatic hydroxyl groups is 1. The summed E-state index contributed by atoms with van der Waals surface area (Å²) in [5, 5.41) is 71.9. The molecule has 0 unspecified atom stereocenters. The largest absolute Gasteiger partial charge is 0.508 e. The summed E-state index contributed by atoms with van der Waals surface area (Å²) < 4.78 is 0.